The van der Waals surface area contributed by atoms with E-state index in [9.17, 15) is 9.50 Å². The highest BCUT2D eigenvalue weighted by Gasteiger charge is 2.71. The maximum Gasteiger partial charge on any atom is 0.118 e. The molecule has 8 rings (SSSR count). The van der Waals surface area contributed by atoms with Gasteiger partial charge in [-0.15, -0.1) is 0 Å². The number of nitrogens with zero attached hydrogens (tertiary/aromatic N) is 6. The standard InChI is InChI=1S/C24H28ClFN6O2/c1-22(15-34-11-21(22)33)30-4-2-29(3-5-30)20-7-19-16(6-18(20)25)8-28-32(19)17-9-27-31(10-17)24-12-23(26,13-24)14-24/h6-10,21,33H,2-5,11-15H2,1H3. The first kappa shape index (κ1) is 21.1. The molecular formula is C24H28ClFN6O2. The van der Waals surface area contributed by atoms with Crippen molar-refractivity contribution in [1.82, 2.24) is 24.5 Å². The zero-order chi connectivity index (χ0) is 23.3. The number of aliphatic hydroxyl groups excluding tert-OH is 1. The number of rotatable bonds is 4. The van der Waals surface area contributed by atoms with Crippen LogP contribution in [0.3, 0.4) is 0 Å². The van der Waals surface area contributed by atoms with Gasteiger partial charge >= 0.3 is 0 Å². The Morgan fingerprint density at radius 3 is 2.56 bits per heavy atom. The fourth-order valence-electron chi connectivity index (χ4n) is 6.44. The first-order chi connectivity index (χ1) is 16.3. The van der Waals surface area contributed by atoms with Crippen LogP contribution in [0.5, 0.6) is 0 Å². The van der Waals surface area contributed by atoms with E-state index in [4.69, 9.17) is 16.3 Å². The highest BCUT2D eigenvalue weighted by molar-refractivity contribution is 6.34. The molecule has 2 atom stereocenters. The number of benzene rings is 1. The summed E-state index contributed by atoms with van der Waals surface area (Å²) in [5, 5.41) is 21.2. The summed E-state index contributed by atoms with van der Waals surface area (Å²) in [6.07, 6.45) is 6.84. The van der Waals surface area contributed by atoms with E-state index in [1.165, 1.54) is 0 Å². The zero-order valence-electron chi connectivity index (χ0n) is 19.1. The van der Waals surface area contributed by atoms with Gasteiger partial charge in [0.25, 0.3) is 0 Å². The largest absolute Gasteiger partial charge is 0.389 e. The highest BCUT2D eigenvalue weighted by atomic mass is 35.5. The van der Waals surface area contributed by atoms with Crippen LogP contribution >= 0.6 is 11.6 Å². The summed E-state index contributed by atoms with van der Waals surface area (Å²) in [6, 6.07) is 4.07. The number of hydrogen-bond donors (Lipinski definition) is 1. The Labute approximate surface area is 201 Å². The average molecular weight is 487 g/mol. The van der Waals surface area contributed by atoms with Crippen LogP contribution in [0.1, 0.15) is 26.2 Å². The second kappa shape index (κ2) is 6.94. The third kappa shape index (κ3) is 2.87. The Hall–Kier alpha value is -2.20. The number of alkyl halides is 1. The zero-order valence-corrected chi connectivity index (χ0v) is 19.9. The van der Waals surface area contributed by atoms with Crippen molar-refractivity contribution in [3.63, 3.8) is 0 Å². The highest BCUT2D eigenvalue weighted by Crippen LogP contribution is 2.67. The number of aliphatic hydroxyl groups is 1. The summed E-state index contributed by atoms with van der Waals surface area (Å²) in [5.74, 6) is 0. The quantitative estimate of drug-likeness (QED) is 0.611. The van der Waals surface area contributed by atoms with Crippen LogP contribution in [0.4, 0.5) is 10.1 Å². The SMILES string of the molecule is CC1(N2CCN(c3cc4c(cnn4-c4cnn(C56CC(F)(C5)C6)c4)cc3Cl)CC2)COCC1O. The van der Waals surface area contributed by atoms with Crippen LogP contribution in [0.25, 0.3) is 16.6 Å². The number of anilines is 1. The first-order valence-electron chi connectivity index (χ1n) is 12.0. The lowest BCUT2D eigenvalue weighted by molar-refractivity contribution is -0.203. The van der Waals surface area contributed by atoms with Crippen molar-refractivity contribution in [3.8, 4) is 5.69 Å². The summed E-state index contributed by atoms with van der Waals surface area (Å²) < 4.78 is 23.3. The number of piperazine rings is 1. The maximum atomic E-state index is 14.0. The molecule has 10 heteroatoms. The summed E-state index contributed by atoms with van der Waals surface area (Å²) in [7, 11) is 0. The molecule has 5 fully saturated rings. The minimum absolute atomic E-state index is 0.140. The van der Waals surface area contributed by atoms with E-state index in [2.05, 4.69) is 33.0 Å². The molecule has 0 radical (unpaired) electrons. The Bertz CT molecular complexity index is 1260. The van der Waals surface area contributed by atoms with Crippen LogP contribution in [-0.2, 0) is 10.3 Å². The van der Waals surface area contributed by atoms with E-state index in [-0.39, 0.29) is 11.1 Å². The lowest BCUT2D eigenvalue weighted by Gasteiger charge is -2.65. The number of halogens is 2. The predicted octanol–water partition coefficient (Wildman–Crippen LogP) is 2.75. The van der Waals surface area contributed by atoms with Gasteiger partial charge in [-0.3, -0.25) is 9.58 Å². The molecule has 8 nitrogen and oxygen atoms in total. The molecule has 34 heavy (non-hydrogen) atoms. The van der Waals surface area contributed by atoms with Crippen LogP contribution in [0.2, 0.25) is 5.02 Å². The lowest BCUT2D eigenvalue weighted by Crippen LogP contribution is -2.70. The van der Waals surface area contributed by atoms with Crippen LogP contribution in [-0.4, -0.2) is 86.3 Å². The van der Waals surface area contributed by atoms with Gasteiger partial charge in [0.15, 0.2) is 0 Å². The molecule has 4 heterocycles. The molecule has 5 aliphatic rings. The second-order valence-corrected chi connectivity index (χ2v) is 11.2. The normalized spacial score (nSPS) is 35.5. The number of ether oxygens (including phenoxy) is 1. The number of hydrogen-bond acceptors (Lipinski definition) is 6. The Morgan fingerprint density at radius 1 is 1.12 bits per heavy atom. The summed E-state index contributed by atoms with van der Waals surface area (Å²) in [6.45, 7) is 6.32. The van der Waals surface area contributed by atoms with Crippen molar-refractivity contribution in [2.24, 2.45) is 0 Å². The molecule has 3 aromatic rings. The predicted molar refractivity (Wildman–Crippen MR) is 127 cm³/mol. The fourth-order valence-corrected chi connectivity index (χ4v) is 6.73. The number of aromatic nitrogens is 4. The van der Waals surface area contributed by atoms with Crippen molar-refractivity contribution in [3.05, 3.63) is 35.7 Å². The molecule has 0 amide bonds. The minimum Gasteiger partial charge on any atom is -0.389 e. The Kier molecular flexibility index (Phi) is 4.31. The van der Waals surface area contributed by atoms with Gasteiger partial charge in [-0.25, -0.2) is 9.07 Å². The first-order valence-corrected chi connectivity index (χ1v) is 12.3. The molecule has 1 aromatic carbocycles. The molecule has 2 unspecified atom stereocenters. The molecule has 2 aromatic heterocycles. The van der Waals surface area contributed by atoms with E-state index in [1.807, 2.05) is 27.8 Å². The summed E-state index contributed by atoms with van der Waals surface area (Å²) >= 11 is 6.71. The van der Waals surface area contributed by atoms with E-state index in [0.717, 1.165) is 48.5 Å². The van der Waals surface area contributed by atoms with Crippen molar-refractivity contribution in [2.45, 2.75) is 49.0 Å². The van der Waals surface area contributed by atoms with Gasteiger partial charge in [0.1, 0.15) is 11.4 Å². The van der Waals surface area contributed by atoms with Crippen LogP contribution < -0.4 is 4.90 Å². The molecule has 2 bridgehead atoms. The molecule has 2 saturated heterocycles. The van der Waals surface area contributed by atoms with E-state index < -0.39 is 11.8 Å². The van der Waals surface area contributed by atoms with Gasteiger partial charge in [0.05, 0.1) is 65.2 Å². The lowest BCUT2D eigenvalue weighted by atomic mass is 9.47. The summed E-state index contributed by atoms with van der Waals surface area (Å²) in [5.41, 5.74) is 1.39. The molecule has 0 spiro atoms. The van der Waals surface area contributed by atoms with Crippen LogP contribution in [0.15, 0.2) is 30.7 Å². The van der Waals surface area contributed by atoms with Crippen molar-refractivity contribution in [1.29, 1.82) is 0 Å². The smallest absolute Gasteiger partial charge is 0.118 e. The molecule has 3 saturated carbocycles. The van der Waals surface area contributed by atoms with E-state index >= 15 is 0 Å². The average Bonchev–Trinajstić information content (AvgIpc) is 3.50. The third-order valence-electron chi connectivity index (χ3n) is 8.60. The van der Waals surface area contributed by atoms with Gasteiger partial charge < -0.3 is 14.7 Å². The number of fused-ring (bicyclic) bond motifs is 1. The van der Waals surface area contributed by atoms with E-state index in [0.29, 0.717) is 37.5 Å². The molecule has 3 aliphatic carbocycles. The summed E-state index contributed by atoms with van der Waals surface area (Å²) in [4.78, 5) is 4.63. The third-order valence-corrected chi connectivity index (χ3v) is 8.91. The second-order valence-electron chi connectivity index (χ2n) is 10.8. The van der Waals surface area contributed by atoms with Gasteiger partial charge in [-0.05, 0) is 19.1 Å². The topological polar surface area (TPSA) is 71.6 Å². The molecule has 2 aliphatic heterocycles. The fraction of sp³-hybridized carbons (Fsp3) is 0.583. The minimum atomic E-state index is -0.958. The molecule has 1 N–H and O–H groups in total. The van der Waals surface area contributed by atoms with Crippen molar-refractivity contribution in [2.75, 3.05) is 44.3 Å². The van der Waals surface area contributed by atoms with Gasteiger partial charge in [0, 0.05) is 50.8 Å². The Balaban J connectivity index is 1.15. The van der Waals surface area contributed by atoms with Crippen LogP contribution in [0, 0.1) is 0 Å². The molecule has 180 valence electrons. The van der Waals surface area contributed by atoms with Crippen molar-refractivity contribution < 1.29 is 14.2 Å². The van der Waals surface area contributed by atoms with Gasteiger partial charge in [-0.1, -0.05) is 11.6 Å². The monoisotopic (exact) mass is 486 g/mol. The van der Waals surface area contributed by atoms with Gasteiger partial charge in [0.2, 0.25) is 0 Å². The molecular weight excluding hydrogens is 459 g/mol. The maximum absolute atomic E-state index is 14.0. The van der Waals surface area contributed by atoms with Gasteiger partial charge in [-0.2, -0.15) is 10.2 Å². The van der Waals surface area contributed by atoms with Crippen molar-refractivity contribution >= 4 is 28.2 Å². The van der Waals surface area contributed by atoms with E-state index in [1.54, 1.807) is 6.20 Å². The Morgan fingerprint density at radius 2 is 1.88 bits per heavy atom.